The summed E-state index contributed by atoms with van der Waals surface area (Å²) in [5, 5.41) is 10.2. The van der Waals surface area contributed by atoms with Gasteiger partial charge in [0.05, 0.1) is 5.60 Å². The molecule has 0 aliphatic carbocycles. The first-order chi connectivity index (χ1) is 9.02. The van der Waals surface area contributed by atoms with Crippen LogP contribution < -0.4 is 0 Å². The van der Waals surface area contributed by atoms with Gasteiger partial charge in [-0.1, -0.05) is 32.6 Å². The molecule has 0 unspecified atom stereocenters. The van der Waals surface area contributed by atoms with Gasteiger partial charge in [-0.3, -0.25) is 0 Å². The van der Waals surface area contributed by atoms with Gasteiger partial charge >= 0.3 is 0 Å². The van der Waals surface area contributed by atoms with Crippen LogP contribution in [-0.4, -0.2) is 30.2 Å². The maximum absolute atomic E-state index is 10.2. The van der Waals surface area contributed by atoms with E-state index in [0.717, 1.165) is 32.1 Å². The number of aliphatic hydroxyl groups is 1. The van der Waals surface area contributed by atoms with Crippen molar-refractivity contribution in [1.29, 1.82) is 0 Å². The van der Waals surface area contributed by atoms with Crippen molar-refractivity contribution in [3.8, 4) is 0 Å². The van der Waals surface area contributed by atoms with Crippen LogP contribution in [0.25, 0.3) is 0 Å². The molecule has 0 bridgehead atoms. The molecule has 19 heavy (non-hydrogen) atoms. The molecule has 0 radical (unpaired) electrons. The Balaban J connectivity index is 3.47. The predicted octanol–water partition coefficient (Wildman–Crippen LogP) is 4.28. The van der Waals surface area contributed by atoms with Crippen molar-refractivity contribution < 1.29 is 14.6 Å². The van der Waals surface area contributed by atoms with Crippen LogP contribution in [0.15, 0.2) is 0 Å². The van der Waals surface area contributed by atoms with E-state index in [9.17, 15) is 5.11 Å². The minimum atomic E-state index is -0.501. The fourth-order valence-corrected chi connectivity index (χ4v) is 2.20. The first-order valence-corrected chi connectivity index (χ1v) is 7.97. The van der Waals surface area contributed by atoms with E-state index in [-0.39, 0.29) is 6.29 Å². The quantitative estimate of drug-likeness (QED) is 0.402. The van der Waals surface area contributed by atoms with Crippen molar-refractivity contribution in [2.75, 3.05) is 13.2 Å². The van der Waals surface area contributed by atoms with Gasteiger partial charge in [0.25, 0.3) is 0 Å². The number of unbranched alkanes of at least 4 members (excludes halogenated alkanes) is 4. The van der Waals surface area contributed by atoms with Crippen LogP contribution >= 0.6 is 0 Å². The maximum atomic E-state index is 10.2. The lowest BCUT2D eigenvalue weighted by Crippen LogP contribution is -2.24. The van der Waals surface area contributed by atoms with E-state index in [4.69, 9.17) is 9.47 Å². The summed E-state index contributed by atoms with van der Waals surface area (Å²) in [4.78, 5) is 0. The van der Waals surface area contributed by atoms with Gasteiger partial charge in [0.1, 0.15) is 0 Å². The molecule has 3 nitrogen and oxygen atoms in total. The highest BCUT2D eigenvalue weighted by molar-refractivity contribution is 4.72. The van der Waals surface area contributed by atoms with Crippen LogP contribution in [0.4, 0.5) is 0 Å². The van der Waals surface area contributed by atoms with Gasteiger partial charge in [-0.15, -0.1) is 0 Å². The fraction of sp³-hybridized carbons (Fsp3) is 1.00. The fourth-order valence-electron chi connectivity index (χ4n) is 2.20. The molecule has 3 heteroatoms. The monoisotopic (exact) mass is 274 g/mol. The highest BCUT2D eigenvalue weighted by atomic mass is 16.7. The highest BCUT2D eigenvalue weighted by Crippen LogP contribution is 2.21. The summed E-state index contributed by atoms with van der Waals surface area (Å²) in [6, 6.07) is 0. The highest BCUT2D eigenvalue weighted by Gasteiger charge is 2.18. The lowest BCUT2D eigenvalue weighted by atomic mass is 9.92. The van der Waals surface area contributed by atoms with E-state index in [1.165, 1.54) is 19.3 Å². The topological polar surface area (TPSA) is 38.7 Å². The molecule has 0 saturated heterocycles. The molecule has 1 N–H and O–H groups in total. The largest absolute Gasteiger partial charge is 0.390 e. The zero-order valence-electron chi connectivity index (χ0n) is 13.4. The Kier molecular flexibility index (Phi) is 11.6. The van der Waals surface area contributed by atoms with Crippen molar-refractivity contribution in [1.82, 2.24) is 0 Å². The maximum Gasteiger partial charge on any atom is 0.154 e. The van der Waals surface area contributed by atoms with Gasteiger partial charge in [-0.05, 0) is 46.5 Å². The smallest absolute Gasteiger partial charge is 0.154 e. The molecule has 0 amide bonds. The lowest BCUT2D eigenvalue weighted by molar-refractivity contribution is -0.128. The van der Waals surface area contributed by atoms with Crippen molar-refractivity contribution in [3.63, 3.8) is 0 Å². The van der Waals surface area contributed by atoms with Gasteiger partial charge in [-0.25, -0.2) is 0 Å². The Morgan fingerprint density at radius 3 is 2.16 bits per heavy atom. The molecule has 0 aliphatic rings. The van der Waals surface area contributed by atoms with E-state index in [2.05, 4.69) is 6.92 Å². The third-order valence-electron chi connectivity index (χ3n) is 3.43. The third kappa shape index (κ3) is 12.6. The summed E-state index contributed by atoms with van der Waals surface area (Å²) in [5.41, 5.74) is -0.501. The van der Waals surface area contributed by atoms with Crippen molar-refractivity contribution >= 4 is 0 Å². The molecule has 0 aliphatic heterocycles. The Morgan fingerprint density at radius 2 is 1.58 bits per heavy atom. The Labute approximate surface area is 119 Å². The zero-order valence-corrected chi connectivity index (χ0v) is 13.4. The first-order valence-electron chi connectivity index (χ1n) is 7.97. The second-order valence-corrected chi connectivity index (χ2v) is 5.66. The molecule has 0 fully saturated rings. The second kappa shape index (κ2) is 11.7. The van der Waals surface area contributed by atoms with E-state index in [1.54, 1.807) is 0 Å². The second-order valence-electron chi connectivity index (χ2n) is 5.66. The molecular formula is C16H34O3. The summed E-state index contributed by atoms with van der Waals surface area (Å²) < 4.78 is 10.8. The van der Waals surface area contributed by atoms with E-state index in [1.807, 2.05) is 20.8 Å². The Bertz CT molecular complexity index is 192. The van der Waals surface area contributed by atoms with Crippen LogP contribution in [0.1, 0.15) is 79.1 Å². The molecule has 0 aromatic heterocycles. The third-order valence-corrected chi connectivity index (χ3v) is 3.43. The minimum absolute atomic E-state index is 0.112. The normalized spacial score (nSPS) is 16.3. The van der Waals surface area contributed by atoms with E-state index in [0.29, 0.717) is 13.2 Å². The number of rotatable bonds is 13. The molecule has 0 aromatic rings. The molecule has 0 rings (SSSR count). The molecule has 0 spiro atoms. The summed E-state index contributed by atoms with van der Waals surface area (Å²) in [6.45, 7) is 9.47. The Morgan fingerprint density at radius 1 is 0.947 bits per heavy atom. The van der Waals surface area contributed by atoms with E-state index < -0.39 is 5.60 Å². The molecule has 116 valence electrons. The van der Waals surface area contributed by atoms with Gasteiger partial charge < -0.3 is 14.6 Å². The number of hydrogen-bond donors (Lipinski definition) is 1. The standard InChI is InChI=1S/C16H34O3/c1-5-7-8-9-12-16(4,17)13-10-11-14-19-15(3)18-6-2/h15,17H,5-14H2,1-4H3/t15-,16-/m0/s1. The molecule has 2 atom stereocenters. The number of ether oxygens (including phenoxy) is 2. The summed E-state index contributed by atoms with van der Waals surface area (Å²) >= 11 is 0. The van der Waals surface area contributed by atoms with Gasteiger partial charge in [0.15, 0.2) is 6.29 Å². The minimum Gasteiger partial charge on any atom is -0.390 e. The van der Waals surface area contributed by atoms with Crippen molar-refractivity contribution in [2.45, 2.75) is 91.0 Å². The zero-order chi connectivity index (χ0) is 14.6. The summed E-state index contributed by atoms with van der Waals surface area (Å²) in [6.07, 6.45) is 8.58. The van der Waals surface area contributed by atoms with Crippen molar-refractivity contribution in [3.05, 3.63) is 0 Å². The lowest BCUT2D eigenvalue weighted by Gasteiger charge is -2.23. The van der Waals surface area contributed by atoms with Crippen LogP contribution in [0.5, 0.6) is 0 Å². The van der Waals surface area contributed by atoms with Crippen LogP contribution in [-0.2, 0) is 9.47 Å². The SMILES string of the molecule is CCCCCC[C@](C)(O)CCCCO[C@@H](C)OCC. The Hall–Kier alpha value is -0.120. The van der Waals surface area contributed by atoms with Gasteiger partial charge in [0.2, 0.25) is 0 Å². The van der Waals surface area contributed by atoms with Gasteiger partial charge in [0, 0.05) is 13.2 Å². The summed E-state index contributed by atoms with van der Waals surface area (Å²) in [5.74, 6) is 0. The average Bonchev–Trinajstić information content (AvgIpc) is 2.34. The van der Waals surface area contributed by atoms with E-state index >= 15 is 0 Å². The van der Waals surface area contributed by atoms with Crippen LogP contribution in [0, 0.1) is 0 Å². The molecule has 0 saturated carbocycles. The van der Waals surface area contributed by atoms with Crippen molar-refractivity contribution in [2.24, 2.45) is 0 Å². The first kappa shape index (κ1) is 18.9. The molecule has 0 heterocycles. The molecular weight excluding hydrogens is 240 g/mol. The van der Waals surface area contributed by atoms with Crippen LogP contribution in [0.3, 0.4) is 0 Å². The number of hydrogen-bond acceptors (Lipinski definition) is 3. The summed E-state index contributed by atoms with van der Waals surface area (Å²) in [7, 11) is 0. The molecule has 0 aromatic carbocycles. The van der Waals surface area contributed by atoms with Gasteiger partial charge in [-0.2, -0.15) is 0 Å². The average molecular weight is 274 g/mol. The predicted molar refractivity (Wildman–Crippen MR) is 80.3 cm³/mol. The van der Waals surface area contributed by atoms with Crippen LogP contribution in [0.2, 0.25) is 0 Å².